The van der Waals surface area contributed by atoms with E-state index in [1.54, 1.807) is 24.3 Å². The highest BCUT2D eigenvalue weighted by atomic mass is 16.3. The number of anilines is 9. The average Bonchev–Trinajstić information content (AvgIpc) is 1.03. The van der Waals surface area contributed by atoms with E-state index >= 15 is 0 Å². The van der Waals surface area contributed by atoms with Crippen LogP contribution in [0.4, 0.5) is 62.8 Å². The Kier molecular flexibility index (Phi) is 23.9. The fourth-order valence-corrected chi connectivity index (χ4v) is 19.7. The van der Waals surface area contributed by atoms with Crippen LogP contribution >= 0.6 is 0 Å². The zero-order valence-corrected chi connectivity index (χ0v) is 79.9. The van der Waals surface area contributed by atoms with Gasteiger partial charge in [0.05, 0.1) is 0 Å². The van der Waals surface area contributed by atoms with E-state index in [2.05, 4.69) is 485 Å². The highest BCUT2D eigenvalue weighted by molar-refractivity contribution is 6.19. The Bertz CT molecular complexity index is 8860. The van der Waals surface area contributed by atoms with E-state index in [0.717, 1.165) is 162 Å². The lowest BCUT2D eigenvalue weighted by Crippen LogP contribution is -2.10. The first-order valence-electron chi connectivity index (χ1n) is 48.5. The molecule has 150 heavy (non-hydrogen) atoms. The van der Waals surface area contributed by atoms with E-state index in [4.69, 9.17) is 26.4 Å². The van der Waals surface area contributed by atoms with Gasteiger partial charge in [0.1, 0.15) is 79.8 Å². The van der Waals surface area contributed by atoms with Crippen LogP contribution in [0.15, 0.2) is 480 Å². The summed E-state index contributed by atoms with van der Waals surface area (Å²) in [5, 5.41) is 43.9. The molecular formula is C132H77N15O3. The summed E-state index contributed by atoms with van der Waals surface area (Å²) in [5.74, 6) is -0.602. The highest BCUT2D eigenvalue weighted by Crippen LogP contribution is 2.48. The summed E-state index contributed by atoms with van der Waals surface area (Å²) in [5.41, 5.74) is 32.3. The summed E-state index contributed by atoms with van der Waals surface area (Å²) in [6, 6.07) is 173. The first-order valence-corrected chi connectivity index (χ1v) is 48.5. The van der Waals surface area contributed by atoms with Crippen LogP contribution in [-0.4, -0.2) is 29.9 Å². The largest absolute Gasteiger partial charge is 0.455 e. The Hall–Kier alpha value is -21.8. The fraction of sp³-hybridized carbons (Fsp3) is 0. The number of benzene rings is 20. The van der Waals surface area contributed by atoms with Crippen LogP contribution in [0.2, 0.25) is 0 Å². The summed E-state index contributed by atoms with van der Waals surface area (Å²) in [4.78, 5) is 38.1. The van der Waals surface area contributed by atoms with Crippen molar-refractivity contribution in [3.8, 4) is 113 Å². The van der Waals surface area contributed by atoms with E-state index in [1.165, 1.54) is 44.5 Å². The van der Waals surface area contributed by atoms with Gasteiger partial charge in [-0.3, -0.25) is 0 Å². The second kappa shape index (κ2) is 39.6. The van der Waals surface area contributed by atoms with Gasteiger partial charge in [0.25, 0.3) is 11.6 Å². The number of furan rings is 3. The Morgan fingerprint density at radius 2 is 0.353 bits per heavy atom. The Morgan fingerprint density at radius 3 is 0.553 bits per heavy atom. The van der Waals surface area contributed by atoms with Crippen molar-refractivity contribution in [3.05, 3.63) is 513 Å². The number of nitriles is 4. The molecule has 6 aromatic heterocycles. The van der Waals surface area contributed by atoms with Gasteiger partial charge < -0.3 is 37.6 Å². The van der Waals surface area contributed by atoms with E-state index in [9.17, 15) is 21.0 Å². The van der Waals surface area contributed by atoms with E-state index in [1.807, 2.05) is 36.4 Å². The molecule has 0 unspecified atom stereocenters. The predicted molar refractivity (Wildman–Crippen MR) is 599 cm³/mol. The topological polar surface area (TPSA) is 230 Å². The summed E-state index contributed by atoms with van der Waals surface area (Å²) in [6.45, 7) is 14.5. The van der Waals surface area contributed by atoms with Crippen molar-refractivity contribution < 1.29 is 13.3 Å². The van der Waals surface area contributed by atoms with Crippen LogP contribution < -0.4 is 14.7 Å². The minimum absolute atomic E-state index is 0.00714. The molecule has 0 aliphatic heterocycles. The predicted octanol–water partition coefficient (Wildman–Crippen LogP) is 34.9. The summed E-state index contributed by atoms with van der Waals surface area (Å²) >= 11 is 0. The molecule has 0 N–H and O–H groups in total. The number of nitrogens with zero attached hydrogens (tertiary/aromatic N) is 15. The minimum Gasteiger partial charge on any atom is -0.455 e. The number of hydrogen-bond acceptors (Lipinski definition) is 16. The van der Waals surface area contributed by atoms with E-state index in [0.29, 0.717) is 0 Å². The number of rotatable bonds is 17. The summed E-state index contributed by atoms with van der Waals surface area (Å²) < 4.78 is 19.2. The van der Waals surface area contributed by atoms with Gasteiger partial charge in [0, 0.05) is 100 Å². The third-order valence-electron chi connectivity index (χ3n) is 27.0. The maximum atomic E-state index is 9.29. The first kappa shape index (κ1) is 90.7. The molecule has 18 heteroatoms. The molecule has 0 aliphatic carbocycles. The summed E-state index contributed by atoms with van der Waals surface area (Å²) in [7, 11) is 0. The Morgan fingerprint density at radius 1 is 0.180 bits per heavy atom. The zero-order valence-electron chi connectivity index (χ0n) is 79.9. The molecule has 0 spiro atoms. The molecular weight excluding hydrogens is 1840 g/mol. The number of para-hydroxylation sites is 6. The molecule has 0 aliphatic rings. The van der Waals surface area contributed by atoms with Crippen molar-refractivity contribution in [2.45, 2.75) is 0 Å². The SMILES string of the molecule is [C-]#[N+]c1nc2c3nc(C#N)c(C#N)nc3c3nc(C#N)c(C#N)nc3c2nc1[N+]#[C-].c1ccc(-c2ccc(N(c3ccc(-c4ccccc4)cc3)c3ccc(-c4ccc(N(c5ccc(-c6ccccc6)cc5)c5ccc(-c6ccccc6)cc5)cc4)cc3)cc2)cc1.c1ccc2c(c1)oc1c(-c3ccc(N(c4ccc(-c5cccc6c5oc5ccccc56)cc4)c4ccc(-c5cccc6c5oc5ccccc56)cc4)cc3)cccc12. The highest BCUT2D eigenvalue weighted by Gasteiger charge is 2.29. The van der Waals surface area contributed by atoms with Gasteiger partial charge in [-0.25, -0.2) is 19.9 Å². The molecule has 0 saturated carbocycles. The van der Waals surface area contributed by atoms with Gasteiger partial charge in [-0.15, -0.1) is 9.97 Å². The quantitative estimate of drug-likeness (QED) is 0.0609. The normalized spacial score (nSPS) is 11.0. The van der Waals surface area contributed by atoms with Crippen LogP contribution in [0.25, 0.3) is 198 Å². The van der Waals surface area contributed by atoms with Crippen molar-refractivity contribution in [1.82, 2.24) is 29.9 Å². The maximum Gasteiger partial charge on any atom is 0.294 e. The van der Waals surface area contributed by atoms with Crippen LogP contribution in [-0.2, 0) is 0 Å². The second-order valence-corrected chi connectivity index (χ2v) is 35.7. The zero-order chi connectivity index (χ0) is 101. The van der Waals surface area contributed by atoms with Gasteiger partial charge in [0.2, 0.25) is 11.0 Å². The molecule has 698 valence electrons. The molecule has 0 saturated heterocycles. The van der Waals surface area contributed by atoms with Crippen LogP contribution in [0.5, 0.6) is 0 Å². The van der Waals surface area contributed by atoms with Crippen molar-refractivity contribution in [2.75, 3.05) is 14.7 Å². The third kappa shape index (κ3) is 17.2. The summed E-state index contributed by atoms with van der Waals surface area (Å²) in [6.07, 6.45) is 0. The lowest BCUT2D eigenvalue weighted by Gasteiger charge is -2.27. The van der Waals surface area contributed by atoms with Crippen LogP contribution in [0.3, 0.4) is 0 Å². The number of hydrogen-bond donors (Lipinski definition) is 0. The van der Waals surface area contributed by atoms with Gasteiger partial charge in [-0.1, -0.05) is 353 Å². The second-order valence-electron chi connectivity index (χ2n) is 35.7. The Balaban J connectivity index is 0.000000127. The van der Waals surface area contributed by atoms with Crippen molar-refractivity contribution in [1.29, 1.82) is 21.0 Å². The van der Waals surface area contributed by atoms with Crippen LogP contribution in [0, 0.1) is 58.5 Å². The molecule has 0 atom stereocenters. The van der Waals surface area contributed by atoms with Crippen molar-refractivity contribution >= 4 is 162 Å². The van der Waals surface area contributed by atoms with Gasteiger partial charge >= 0.3 is 0 Å². The average molecular weight is 1920 g/mol. The molecule has 26 aromatic rings. The lowest BCUT2D eigenvalue weighted by atomic mass is 10.00. The van der Waals surface area contributed by atoms with Crippen LogP contribution in [0.1, 0.15) is 22.8 Å². The molecule has 0 radical (unpaired) electrons. The van der Waals surface area contributed by atoms with E-state index < -0.39 is 0 Å². The van der Waals surface area contributed by atoms with Crippen molar-refractivity contribution in [3.63, 3.8) is 0 Å². The van der Waals surface area contributed by atoms with E-state index in [-0.39, 0.29) is 67.5 Å². The number of fused-ring (bicyclic) bond motifs is 15. The monoisotopic (exact) mass is 1920 g/mol. The van der Waals surface area contributed by atoms with Gasteiger partial charge in [0.15, 0.2) is 22.8 Å². The fourth-order valence-electron chi connectivity index (χ4n) is 19.7. The third-order valence-corrected chi connectivity index (χ3v) is 27.0. The maximum absolute atomic E-state index is 9.29. The minimum atomic E-state index is -0.301. The Labute approximate surface area is 860 Å². The molecule has 0 bridgehead atoms. The standard InChI is InChI=1S/C60H44N2.C54H33NO3.C18N12/c1-5-13-45(14-6-1)49-21-33-55(34-22-49)61(56-35-23-50(24-36-56)46-15-7-2-8-16-46)59-41-29-53(30-42-59)54-31-43-60(44-32-54)62(57-37-25-51(26-38-57)47-17-9-3-10-18-47)58-39-27-52(28-40-58)48-19-11-4-12-20-48;1-4-19-49-43(10-1)46-16-7-13-40(52(46)56-49)34-22-28-37(29-23-34)55(38-30-24-35(25-31-38)41-14-8-17-47-44-11-2-5-20-50(44)57-53(41)47)39-32-26-36(27-33-39)42-15-9-18-48-45-12-3-6-21-51(45)58-54(42)48;1-23-17-18(24-2)30-16-14-12(26-8(4-20)10(6-22)28-14)11-13(15(16)29-17)27-9(5-21)7(3-19)25-11/h1-44H;1-33H;. The lowest BCUT2D eigenvalue weighted by molar-refractivity contribution is 0.669. The van der Waals surface area contributed by atoms with Gasteiger partial charge in [-0.2, -0.15) is 21.0 Å². The smallest absolute Gasteiger partial charge is 0.294 e. The molecule has 26 rings (SSSR count). The molecule has 0 amide bonds. The molecule has 0 fully saturated rings. The first-order chi connectivity index (χ1) is 74.1. The molecule has 6 heterocycles. The van der Waals surface area contributed by atoms with Gasteiger partial charge in [-0.05, 0) is 200 Å². The number of aromatic nitrogens is 6. The molecule has 20 aromatic carbocycles. The molecule has 18 nitrogen and oxygen atoms in total. The van der Waals surface area contributed by atoms with Crippen molar-refractivity contribution in [2.24, 2.45) is 0 Å².